The summed E-state index contributed by atoms with van der Waals surface area (Å²) in [7, 11) is 0. The zero-order valence-corrected chi connectivity index (χ0v) is 11.7. The molecule has 6 nitrogen and oxygen atoms in total. The maximum Gasteiger partial charge on any atom is 0.312 e. The predicted molar refractivity (Wildman–Crippen MR) is 74.9 cm³/mol. The highest BCUT2D eigenvalue weighted by molar-refractivity contribution is 6.31. The highest BCUT2D eigenvalue weighted by Gasteiger charge is 2.23. The van der Waals surface area contributed by atoms with E-state index in [1.807, 2.05) is 0 Å². The number of likely N-dealkylation sites (tertiary alicyclic amines) is 1. The quantitative estimate of drug-likeness (QED) is 0.657. The van der Waals surface area contributed by atoms with Gasteiger partial charge in [0.1, 0.15) is 0 Å². The zero-order valence-electron chi connectivity index (χ0n) is 11.0. The minimum Gasteiger partial charge on any atom is -0.502 e. The molecule has 1 saturated heterocycles. The van der Waals surface area contributed by atoms with Gasteiger partial charge < -0.3 is 10.2 Å². The van der Waals surface area contributed by atoms with Gasteiger partial charge in [0.2, 0.25) is 0 Å². The molecule has 2 rings (SSSR count). The first kappa shape index (κ1) is 15.0. The molecule has 0 unspecified atom stereocenters. The molecular weight excluding hydrogens is 284 g/mol. The van der Waals surface area contributed by atoms with E-state index in [4.69, 9.17) is 16.7 Å². The fourth-order valence-corrected chi connectivity index (χ4v) is 2.70. The van der Waals surface area contributed by atoms with E-state index in [0.717, 1.165) is 32.0 Å². The molecule has 7 heteroatoms. The maximum absolute atomic E-state index is 10.8. The number of aromatic hydroxyl groups is 1. The van der Waals surface area contributed by atoms with Gasteiger partial charge in [-0.05, 0) is 37.9 Å². The highest BCUT2D eigenvalue weighted by atomic mass is 35.5. The van der Waals surface area contributed by atoms with Crippen LogP contribution in [-0.2, 0) is 6.54 Å². The average Bonchev–Trinajstić information content (AvgIpc) is 2.43. The molecule has 0 saturated carbocycles. The van der Waals surface area contributed by atoms with Crippen molar-refractivity contribution in [2.24, 2.45) is 5.92 Å². The van der Waals surface area contributed by atoms with Crippen LogP contribution in [0.25, 0.3) is 0 Å². The number of nitro groups is 1. The van der Waals surface area contributed by atoms with Gasteiger partial charge in [0.05, 0.1) is 4.92 Å². The molecule has 0 amide bonds. The molecule has 1 heterocycles. The normalized spacial score (nSPS) is 17.3. The van der Waals surface area contributed by atoms with Crippen LogP contribution in [0.3, 0.4) is 0 Å². The summed E-state index contributed by atoms with van der Waals surface area (Å²) in [5, 5.41) is 30.1. The number of phenols is 1. The number of hydrogen-bond donors (Lipinski definition) is 2. The summed E-state index contributed by atoms with van der Waals surface area (Å²) < 4.78 is 0. The van der Waals surface area contributed by atoms with Crippen molar-refractivity contribution >= 4 is 17.3 Å². The second-order valence-electron chi connectivity index (χ2n) is 5.09. The number of piperidine rings is 1. The third-order valence-corrected chi connectivity index (χ3v) is 3.91. The van der Waals surface area contributed by atoms with E-state index in [1.54, 1.807) is 6.07 Å². The van der Waals surface area contributed by atoms with Gasteiger partial charge in [0.15, 0.2) is 5.75 Å². The monoisotopic (exact) mass is 300 g/mol. The summed E-state index contributed by atoms with van der Waals surface area (Å²) in [6, 6.07) is 2.71. The number of nitro benzene ring substituents is 1. The van der Waals surface area contributed by atoms with E-state index < -0.39 is 4.92 Å². The summed E-state index contributed by atoms with van der Waals surface area (Å²) in [6.45, 7) is 2.21. The van der Waals surface area contributed by atoms with E-state index in [9.17, 15) is 15.2 Å². The number of phenolic OH excluding ortho intramolecular Hbond substituents is 1. The molecule has 1 aliphatic heterocycles. The lowest BCUT2D eigenvalue weighted by Gasteiger charge is -2.31. The zero-order chi connectivity index (χ0) is 14.7. The number of aliphatic hydroxyl groups is 1. The molecule has 0 aromatic heterocycles. The summed E-state index contributed by atoms with van der Waals surface area (Å²) in [6.07, 6.45) is 1.78. The average molecular weight is 301 g/mol. The Kier molecular flexibility index (Phi) is 4.80. The van der Waals surface area contributed by atoms with Crippen molar-refractivity contribution < 1.29 is 15.1 Å². The molecule has 20 heavy (non-hydrogen) atoms. The van der Waals surface area contributed by atoms with Crippen molar-refractivity contribution in [3.8, 4) is 5.75 Å². The molecule has 0 radical (unpaired) electrons. The van der Waals surface area contributed by atoms with Crippen molar-refractivity contribution in [3.05, 3.63) is 32.8 Å². The molecule has 0 atom stereocenters. The molecule has 110 valence electrons. The predicted octanol–water partition coefficient (Wildman–Crippen LogP) is 2.16. The number of benzene rings is 1. The van der Waals surface area contributed by atoms with E-state index in [1.165, 1.54) is 0 Å². The van der Waals surface area contributed by atoms with Crippen LogP contribution in [0.2, 0.25) is 5.02 Å². The van der Waals surface area contributed by atoms with Crippen LogP contribution < -0.4 is 0 Å². The summed E-state index contributed by atoms with van der Waals surface area (Å²) in [4.78, 5) is 12.3. The molecular formula is C13H17ClN2O4. The lowest BCUT2D eigenvalue weighted by molar-refractivity contribution is -0.385. The first-order valence-corrected chi connectivity index (χ1v) is 6.88. The first-order valence-electron chi connectivity index (χ1n) is 6.50. The third kappa shape index (κ3) is 3.39. The van der Waals surface area contributed by atoms with Crippen molar-refractivity contribution in [2.45, 2.75) is 19.4 Å². The molecule has 0 bridgehead atoms. The Bertz CT molecular complexity index is 501. The van der Waals surface area contributed by atoms with Gasteiger partial charge >= 0.3 is 5.69 Å². The molecule has 2 N–H and O–H groups in total. The number of aliphatic hydroxyl groups excluding tert-OH is 1. The number of hydrogen-bond acceptors (Lipinski definition) is 5. The Balaban J connectivity index is 2.12. The SMILES string of the molecule is O=[N+]([O-])c1cc(Cl)cc(CN2CCC(CO)CC2)c1O. The minimum atomic E-state index is -0.636. The Labute approximate surface area is 121 Å². The lowest BCUT2D eigenvalue weighted by Crippen LogP contribution is -2.34. The van der Waals surface area contributed by atoms with E-state index in [0.29, 0.717) is 18.0 Å². The number of halogens is 1. The Morgan fingerprint density at radius 2 is 2.05 bits per heavy atom. The van der Waals surface area contributed by atoms with Crippen molar-refractivity contribution in [3.63, 3.8) is 0 Å². The summed E-state index contributed by atoms with van der Waals surface area (Å²) in [5.74, 6) is 0.0113. The van der Waals surface area contributed by atoms with Crippen LogP contribution in [0.5, 0.6) is 5.75 Å². The van der Waals surface area contributed by atoms with Gasteiger partial charge in [-0.3, -0.25) is 15.0 Å². The van der Waals surface area contributed by atoms with Crippen molar-refractivity contribution in [1.29, 1.82) is 0 Å². The fourth-order valence-electron chi connectivity index (χ4n) is 2.47. The van der Waals surface area contributed by atoms with Crippen LogP contribution >= 0.6 is 11.6 Å². The second-order valence-corrected chi connectivity index (χ2v) is 5.53. The minimum absolute atomic E-state index is 0.196. The first-order chi connectivity index (χ1) is 9.51. The van der Waals surface area contributed by atoms with Crippen LogP contribution in [-0.4, -0.2) is 39.7 Å². The molecule has 0 spiro atoms. The molecule has 1 fully saturated rings. The van der Waals surface area contributed by atoms with Crippen LogP contribution in [0, 0.1) is 16.0 Å². The summed E-state index contributed by atoms with van der Waals surface area (Å²) in [5.41, 5.74) is 0.101. The fraction of sp³-hybridized carbons (Fsp3) is 0.538. The number of rotatable bonds is 4. The molecule has 1 aliphatic rings. The third-order valence-electron chi connectivity index (χ3n) is 3.69. The van der Waals surface area contributed by atoms with E-state index >= 15 is 0 Å². The molecule has 0 aliphatic carbocycles. The van der Waals surface area contributed by atoms with Gasteiger partial charge in [-0.25, -0.2) is 0 Å². The Morgan fingerprint density at radius 1 is 1.40 bits per heavy atom. The topological polar surface area (TPSA) is 86.8 Å². The van der Waals surface area contributed by atoms with E-state index in [-0.39, 0.29) is 23.1 Å². The number of nitrogens with zero attached hydrogens (tertiary/aromatic N) is 2. The lowest BCUT2D eigenvalue weighted by atomic mass is 9.97. The second kappa shape index (κ2) is 6.39. The van der Waals surface area contributed by atoms with Crippen molar-refractivity contribution in [1.82, 2.24) is 4.90 Å². The molecule has 1 aromatic rings. The van der Waals surface area contributed by atoms with Gasteiger partial charge in [-0.15, -0.1) is 0 Å². The van der Waals surface area contributed by atoms with Gasteiger partial charge in [-0.2, -0.15) is 0 Å². The van der Waals surface area contributed by atoms with Crippen LogP contribution in [0.15, 0.2) is 12.1 Å². The van der Waals surface area contributed by atoms with Gasteiger partial charge in [0.25, 0.3) is 0 Å². The smallest absolute Gasteiger partial charge is 0.312 e. The van der Waals surface area contributed by atoms with Crippen LogP contribution in [0.1, 0.15) is 18.4 Å². The summed E-state index contributed by atoms with van der Waals surface area (Å²) >= 11 is 5.86. The molecule has 1 aromatic carbocycles. The Hall–Kier alpha value is -1.37. The van der Waals surface area contributed by atoms with Gasteiger partial charge in [-0.1, -0.05) is 11.6 Å². The van der Waals surface area contributed by atoms with Crippen LogP contribution in [0.4, 0.5) is 5.69 Å². The Morgan fingerprint density at radius 3 is 2.60 bits per heavy atom. The standard InChI is InChI=1S/C13H17ClN2O4/c14-11-5-10(13(18)12(6-11)16(19)20)7-15-3-1-9(8-17)2-4-15/h5-6,9,17-18H,1-4,7-8H2. The highest BCUT2D eigenvalue weighted by Crippen LogP contribution is 2.34. The van der Waals surface area contributed by atoms with E-state index in [2.05, 4.69) is 4.90 Å². The largest absolute Gasteiger partial charge is 0.502 e. The maximum atomic E-state index is 10.8. The van der Waals surface area contributed by atoms with Crippen molar-refractivity contribution in [2.75, 3.05) is 19.7 Å². The van der Waals surface area contributed by atoms with Gasteiger partial charge in [0, 0.05) is 29.8 Å².